The summed E-state index contributed by atoms with van der Waals surface area (Å²) in [5, 5.41) is 12.7. The molecule has 1 N–H and O–H groups in total. The molecule has 2 aliphatic heterocycles. The minimum atomic E-state index is -0.342. The van der Waals surface area contributed by atoms with E-state index >= 15 is 0 Å². The first-order valence-electron chi connectivity index (χ1n) is 7.22. The summed E-state index contributed by atoms with van der Waals surface area (Å²) in [5.74, 6) is 0. The van der Waals surface area contributed by atoms with Gasteiger partial charge < -0.3 is 15.0 Å². The Morgan fingerprint density at radius 2 is 1.95 bits per heavy atom. The van der Waals surface area contributed by atoms with Gasteiger partial charge in [0.1, 0.15) is 11.8 Å². The fourth-order valence-corrected chi connectivity index (χ4v) is 3.68. The van der Waals surface area contributed by atoms with E-state index in [0.717, 1.165) is 18.5 Å². The number of ether oxygens (including phenoxy) is 1. The van der Waals surface area contributed by atoms with Crippen molar-refractivity contribution in [3.63, 3.8) is 0 Å². The fourth-order valence-electron chi connectivity index (χ4n) is 3.68. The monoisotopic (exact) mass is 271 g/mol. The zero-order chi connectivity index (χ0) is 14.2. The van der Waals surface area contributed by atoms with Gasteiger partial charge in [0.05, 0.1) is 11.3 Å². The molecule has 3 rings (SSSR count). The van der Waals surface area contributed by atoms with Gasteiger partial charge in [-0.25, -0.2) is 0 Å². The van der Waals surface area contributed by atoms with E-state index in [2.05, 4.69) is 23.3 Å². The Hall–Kier alpha value is -1.57. The van der Waals surface area contributed by atoms with E-state index < -0.39 is 0 Å². The zero-order valence-electron chi connectivity index (χ0n) is 12.1. The van der Waals surface area contributed by atoms with Crippen LogP contribution in [0.25, 0.3) is 0 Å². The summed E-state index contributed by atoms with van der Waals surface area (Å²) < 4.78 is 5.86. The Bertz CT molecular complexity index is 523. The normalized spacial score (nSPS) is 32.9. The van der Waals surface area contributed by atoms with Crippen molar-refractivity contribution in [2.75, 3.05) is 19.5 Å². The van der Waals surface area contributed by atoms with E-state index in [1.807, 2.05) is 24.3 Å². The van der Waals surface area contributed by atoms with Crippen molar-refractivity contribution in [3.05, 3.63) is 29.8 Å². The molecule has 1 aromatic carbocycles. The number of anilines is 1. The molecule has 0 spiro atoms. The van der Waals surface area contributed by atoms with Gasteiger partial charge in [0.2, 0.25) is 0 Å². The molecule has 4 nitrogen and oxygen atoms in total. The highest BCUT2D eigenvalue weighted by Gasteiger charge is 2.47. The smallest absolute Gasteiger partial charge is 0.141 e. The lowest BCUT2D eigenvalue weighted by molar-refractivity contribution is -0.0551. The van der Waals surface area contributed by atoms with Crippen molar-refractivity contribution in [1.82, 2.24) is 4.90 Å². The summed E-state index contributed by atoms with van der Waals surface area (Å²) in [6.07, 6.45) is 4.42. The number of benzene rings is 1. The summed E-state index contributed by atoms with van der Waals surface area (Å²) in [5.41, 5.74) is 1.21. The highest BCUT2D eigenvalue weighted by atomic mass is 16.5. The molecule has 106 valence electrons. The van der Waals surface area contributed by atoms with Crippen LogP contribution in [-0.2, 0) is 4.74 Å². The number of rotatable bonds is 3. The van der Waals surface area contributed by atoms with Crippen LogP contribution in [0.15, 0.2) is 24.3 Å². The van der Waals surface area contributed by atoms with Gasteiger partial charge >= 0.3 is 0 Å². The van der Waals surface area contributed by atoms with E-state index in [0.29, 0.717) is 17.6 Å². The van der Waals surface area contributed by atoms with Crippen LogP contribution >= 0.6 is 0 Å². The Morgan fingerprint density at radius 1 is 1.30 bits per heavy atom. The molecule has 0 radical (unpaired) electrons. The molecule has 2 bridgehead atoms. The molecule has 2 fully saturated rings. The summed E-state index contributed by atoms with van der Waals surface area (Å²) in [6.45, 7) is 0. The third-order valence-corrected chi connectivity index (χ3v) is 4.92. The first kappa shape index (κ1) is 13.4. The number of hydrogen-bond acceptors (Lipinski definition) is 4. The van der Waals surface area contributed by atoms with Gasteiger partial charge in [-0.2, -0.15) is 5.26 Å². The molecule has 4 heteroatoms. The van der Waals surface area contributed by atoms with Gasteiger partial charge in [0, 0.05) is 32.0 Å². The Labute approximate surface area is 120 Å². The van der Waals surface area contributed by atoms with E-state index in [1.54, 1.807) is 7.11 Å². The summed E-state index contributed by atoms with van der Waals surface area (Å²) in [6, 6.07) is 11.0. The first-order valence-corrected chi connectivity index (χ1v) is 7.22. The molecule has 20 heavy (non-hydrogen) atoms. The third kappa shape index (κ3) is 2.17. The Balaban J connectivity index is 1.86. The second-order valence-electron chi connectivity index (χ2n) is 5.94. The average Bonchev–Trinajstić information content (AvgIpc) is 2.71. The lowest BCUT2D eigenvalue weighted by Crippen LogP contribution is -2.54. The second-order valence-corrected chi connectivity index (χ2v) is 5.94. The maximum Gasteiger partial charge on any atom is 0.141 e. The van der Waals surface area contributed by atoms with Gasteiger partial charge in [-0.05, 0) is 32.0 Å². The van der Waals surface area contributed by atoms with E-state index in [4.69, 9.17) is 4.74 Å². The van der Waals surface area contributed by atoms with Crippen LogP contribution in [0.5, 0.6) is 0 Å². The van der Waals surface area contributed by atoms with Crippen LogP contribution in [0, 0.1) is 11.3 Å². The summed E-state index contributed by atoms with van der Waals surface area (Å²) in [7, 11) is 3.98. The Kier molecular flexibility index (Phi) is 3.41. The van der Waals surface area contributed by atoms with Crippen molar-refractivity contribution in [2.24, 2.45) is 0 Å². The van der Waals surface area contributed by atoms with Gasteiger partial charge in [0.15, 0.2) is 0 Å². The molecule has 2 unspecified atom stereocenters. The van der Waals surface area contributed by atoms with Gasteiger partial charge in [-0.1, -0.05) is 12.1 Å². The number of nitrogens with one attached hydrogen (secondary N) is 1. The van der Waals surface area contributed by atoms with Crippen LogP contribution in [-0.4, -0.2) is 36.9 Å². The molecule has 1 aromatic rings. The molecule has 0 aromatic heterocycles. The first-order chi connectivity index (χ1) is 9.67. The molecular weight excluding hydrogens is 250 g/mol. The fraction of sp³-hybridized carbons (Fsp3) is 0.562. The van der Waals surface area contributed by atoms with Crippen molar-refractivity contribution in [3.8, 4) is 6.07 Å². The van der Waals surface area contributed by atoms with Crippen LogP contribution in [0.4, 0.5) is 5.69 Å². The van der Waals surface area contributed by atoms with Crippen molar-refractivity contribution in [1.29, 1.82) is 5.26 Å². The minimum absolute atomic E-state index is 0.342. The molecule has 0 saturated carbocycles. The maximum absolute atomic E-state index is 9.22. The summed E-state index contributed by atoms with van der Waals surface area (Å²) >= 11 is 0. The molecule has 2 atom stereocenters. The van der Waals surface area contributed by atoms with Gasteiger partial charge in [-0.3, -0.25) is 0 Å². The highest BCUT2D eigenvalue weighted by molar-refractivity contribution is 5.58. The largest absolute Gasteiger partial charge is 0.359 e. The van der Waals surface area contributed by atoms with Crippen LogP contribution in [0.1, 0.15) is 31.2 Å². The molecule has 0 aliphatic carbocycles. The zero-order valence-corrected chi connectivity index (χ0v) is 12.1. The van der Waals surface area contributed by atoms with E-state index in [1.165, 1.54) is 12.8 Å². The third-order valence-electron chi connectivity index (χ3n) is 4.92. The second kappa shape index (κ2) is 5.08. The lowest BCUT2D eigenvalue weighted by Gasteiger charge is -2.45. The predicted octanol–water partition coefficient (Wildman–Crippen LogP) is 2.57. The number of methoxy groups -OCH3 is 1. The number of nitriles is 1. The highest BCUT2D eigenvalue weighted by Crippen LogP contribution is 2.42. The van der Waals surface area contributed by atoms with Crippen LogP contribution in [0.2, 0.25) is 0 Å². The maximum atomic E-state index is 9.22. The Morgan fingerprint density at radius 3 is 2.55 bits per heavy atom. The predicted molar refractivity (Wildman–Crippen MR) is 78.3 cm³/mol. The number of hydrogen-bond donors (Lipinski definition) is 1. The lowest BCUT2D eigenvalue weighted by atomic mass is 9.93. The molecule has 2 heterocycles. The van der Waals surface area contributed by atoms with Crippen LogP contribution < -0.4 is 5.32 Å². The molecule has 2 aliphatic rings. The van der Waals surface area contributed by atoms with E-state index in [9.17, 15) is 5.26 Å². The number of nitrogens with zero attached hydrogens (tertiary/aromatic N) is 2. The molecule has 2 saturated heterocycles. The van der Waals surface area contributed by atoms with Crippen molar-refractivity contribution < 1.29 is 4.74 Å². The van der Waals surface area contributed by atoms with Gasteiger partial charge in [0.25, 0.3) is 0 Å². The summed E-state index contributed by atoms with van der Waals surface area (Å²) in [4.78, 5) is 2.48. The number of piperidine rings is 1. The van der Waals surface area contributed by atoms with Crippen LogP contribution in [0.3, 0.4) is 0 Å². The quantitative estimate of drug-likeness (QED) is 0.858. The molecular formula is C16H21N3O. The minimum Gasteiger partial charge on any atom is -0.359 e. The topological polar surface area (TPSA) is 48.3 Å². The number of para-hydroxylation sites is 1. The van der Waals surface area contributed by atoms with Gasteiger partial charge in [-0.15, -0.1) is 0 Å². The van der Waals surface area contributed by atoms with E-state index in [-0.39, 0.29) is 5.72 Å². The standard InChI is InChI=1S/C16H21N3O/c1-19-13-7-8-14(19)10-16(9-13,20-2)18-15-6-4-3-5-12(15)11-17/h3-6,13-14,18H,7-10H2,1-2H3. The molecule has 0 amide bonds. The van der Waals surface area contributed by atoms with Crippen molar-refractivity contribution in [2.45, 2.75) is 43.5 Å². The van der Waals surface area contributed by atoms with Crippen molar-refractivity contribution >= 4 is 5.69 Å². The number of fused-ring (bicyclic) bond motifs is 2. The SMILES string of the molecule is COC1(Nc2ccccc2C#N)CC2CCC(C1)N2C. The average molecular weight is 271 g/mol.